The predicted molar refractivity (Wildman–Crippen MR) is 46.8 cm³/mol. The number of nitrogens with zero attached hydrogens (tertiary/aromatic N) is 1. The fourth-order valence-electron chi connectivity index (χ4n) is 0.546. The van der Waals surface area contributed by atoms with Crippen LogP contribution in [-0.2, 0) is 25.8 Å². The fraction of sp³-hybridized carbons (Fsp3) is 0.571. The third-order valence-corrected chi connectivity index (χ3v) is 1.53. The molecule has 0 saturated carbocycles. The topological polar surface area (TPSA) is 26.0 Å². The molecule has 63 valence electrons. The van der Waals surface area contributed by atoms with Gasteiger partial charge in [0.05, 0.1) is 0 Å². The second-order valence-electron chi connectivity index (χ2n) is 3.16. The molecule has 0 atom stereocenters. The Morgan fingerprint density at radius 2 is 2.00 bits per heavy atom. The van der Waals surface area contributed by atoms with Gasteiger partial charge >= 0.3 is 0 Å². The maximum absolute atomic E-state index is 5.09. The zero-order valence-corrected chi connectivity index (χ0v) is 11.5. The van der Waals surface area contributed by atoms with Crippen molar-refractivity contribution in [3.63, 3.8) is 0 Å². The number of aromatic nitrogens is 1. The Hall–Kier alpha value is 0.602. The van der Waals surface area contributed by atoms with Crippen molar-refractivity contribution in [1.82, 2.24) is 4.98 Å². The van der Waals surface area contributed by atoms with Crippen molar-refractivity contribution in [3.05, 3.63) is 15.9 Å². The van der Waals surface area contributed by atoms with E-state index >= 15 is 0 Å². The van der Waals surface area contributed by atoms with Gasteiger partial charge in [0.2, 0.25) is 0 Å². The molecule has 0 aliphatic carbocycles. The van der Waals surface area contributed by atoms with E-state index in [9.17, 15) is 0 Å². The third-order valence-electron chi connectivity index (χ3n) is 1.07. The van der Waals surface area contributed by atoms with Crippen LogP contribution in [0.2, 0.25) is 0 Å². The van der Waals surface area contributed by atoms with E-state index in [1.807, 2.05) is 0 Å². The standard InChI is InChI=1S/C7H9INO.Re/c1-7(2,3)6-9-5(8)4-10-6;/h1-3H3;/q-1;. The Bertz CT molecular complexity index is 229. The quantitative estimate of drug-likeness (QED) is 0.461. The van der Waals surface area contributed by atoms with Gasteiger partial charge in [0.15, 0.2) is 0 Å². The Labute approximate surface area is 93.9 Å². The molecule has 0 unspecified atom stereocenters. The molecule has 2 nitrogen and oxygen atoms in total. The van der Waals surface area contributed by atoms with Crippen LogP contribution < -0.4 is 0 Å². The molecule has 1 aromatic heterocycles. The van der Waals surface area contributed by atoms with Crippen molar-refractivity contribution in [2.75, 3.05) is 0 Å². The molecule has 0 fully saturated rings. The van der Waals surface area contributed by atoms with Gasteiger partial charge in [0.25, 0.3) is 0 Å². The Kier molecular flexibility index (Phi) is 4.24. The summed E-state index contributed by atoms with van der Waals surface area (Å²) in [4.78, 5) is 4.15. The minimum absolute atomic E-state index is 0. The van der Waals surface area contributed by atoms with E-state index in [1.54, 1.807) is 0 Å². The summed E-state index contributed by atoms with van der Waals surface area (Å²) in [6.45, 7) is 6.17. The summed E-state index contributed by atoms with van der Waals surface area (Å²) in [7, 11) is 0. The largest absolute Gasteiger partial charge is 0.629 e. The number of halogens is 1. The first-order valence-corrected chi connectivity index (χ1v) is 4.12. The average Bonchev–Trinajstić information content (AvgIpc) is 2.11. The molecule has 1 heterocycles. The van der Waals surface area contributed by atoms with Crippen LogP contribution in [0, 0.1) is 9.96 Å². The van der Waals surface area contributed by atoms with Gasteiger partial charge in [0, 0.05) is 30.0 Å². The van der Waals surface area contributed by atoms with Crippen LogP contribution in [-0.4, -0.2) is 4.98 Å². The first-order chi connectivity index (χ1) is 4.50. The first-order valence-electron chi connectivity index (χ1n) is 3.04. The molecule has 0 aromatic carbocycles. The minimum Gasteiger partial charge on any atom is -0.629 e. The molecule has 4 heteroatoms. The molecule has 0 bridgehead atoms. The maximum Gasteiger partial charge on any atom is 0.0403 e. The molecule has 1 radical (unpaired) electrons. The SMILES string of the molecule is CC(C)(C)c1nc(I)[c-]o1.[Re]. The molecule has 0 aliphatic heterocycles. The minimum atomic E-state index is -0.0000778. The zero-order chi connectivity index (χ0) is 7.78. The summed E-state index contributed by atoms with van der Waals surface area (Å²) in [5, 5.41) is 0. The molecular formula is C7H9INORe-. The predicted octanol–water partition coefficient (Wildman–Crippen LogP) is 2.37. The third kappa shape index (κ3) is 3.22. The van der Waals surface area contributed by atoms with E-state index in [4.69, 9.17) is 4.42 Å². The second kappa shape index (κ2) is 4.02. The summed E-state index contributed by atoms with van der Waals surface area (Å²) in [5.41, 5.74) is -0.0000778. The molecule has 1 rings (SSSR count). The van der Waals surface area contributed by atoms with Gasteiger partial charge in [-0.1, -0.05) is 20.8 Å². The molecule has 0 amide bonds. The normalized spacial score (nSPS) is 10.9. The van der Waals surface area contributed by atoms with Crippen LogP contribution in [0.4, 0.5) is 0 Å². The van der Waals surface area contributed by atoms with Crippen molar-refractivity contribution < 1.29 is 24.8 Å². The summed E-state index contributed by atoms with van der Waals surface area (Å²) in [6, 6.07) is 0. The molecular weight excluding hydrogens is 427 g/mol. The van der Waals surface area contributed by atoms with E-state index in [0.29, 0.717) is 0 Å². The van der Waals surface area contributed by atoms with Crippen LogP contribution in [0.3, 0.4) is 0 Å². The van der Waals surface area contributed by atoms with Crippen LogP contribution in [0.15, 0.2) is 4.42 Å². The van der Waals surface area contributed by atoms with E-state index in [0.717, 1.165) is 9.59 Å². The van der Waals surface area contributed by atoms with Gasteiger partial charge in [0.1, 0.15) is 0 Å². The van der Waals surface area contributed by atoms with Crippen LogP contribution in [0.25, 0.3) is 0 Å². The van der Waals surface area contributed by atoms with Crippen molar-refractivity contribution in [1.29, 1.82) is 0 Å². The Morgan fingerprint density at radius 3 is 2.18 bits per heavy atom. The van der Waals surface area contributed by atoms with E-state index in [-0.39, 0.29) is 25.8 Å². The first kappa shape index (κ1) is 11.6. The van der Waals surface area contributed by atoms with E-state index < -0.39 is 0 Å². The molecule has 0 saturated heterocycles. The molecule has 11 heavy (non-hydrogen) atoms. The molecule has 1 aromatic rings. The number of oxazole rings is 1. The van der Waals surface area contributed by atoms with Crippen molar-refractivity contribution in [3.8, 4) is 0 Å². The van der Waals surface area contributed by atoms with Crippen LogP contribution in [0.1, 0.15) is 26.7 Å². The van der Waals surface area contributed by atoms with E-state index in [1.165, 1.54) is 0 Å². The van der Waals surface area contributed by atoms with Crippen molar-refractivity contribution in [2.45, 2.75) is 26.2 Å². The maximum atomic E-state index is 5.09. The summed E-state index contributed by atoms with van der Waals surface area (Å²) in [6.07, 6.45) is 2.68. The van der Waals surface area contributed by atoms with Gasteiger partial charge in [-0.3, -0.25) is 0 Å². The average molecular weight is 436 g/mol. The van der Waals surface area contributed by atoms with Gasteiger partial charge < -0.3 is 9.40 Å². The summed E-state index contributed by atoms with van der Waals surface area (Å²) < 4.78 is 5.88. The smallest absolute Gasteiger partial charge is 0.0403 e. The van der Waals surface area contributed by atoms with E-state index in [2.05, 4.69) is 54.6 Å². The molecule has 0 aliphatic rings. The monoisotopic (exact) mass is 437 g/mol. The zero-order valence-electron chi connectivity index (χ0n) is 6.61. The molecule has 0 N–H and O–H groups in total. The molecule has 0 spiro atoms. The number of hydrogen-bond acceptors (Lipinski definition) is 2. The van der Waals surface area contributed by atoms with Crippen molar-refractivity contribution in [2.24, 2.45) is 0 Å². The summed E-state index contributed by atoms with van der Waals surface area (Å²) >= 11 is 2.08. The Morgan fingerprint density at radius 1 is 1.45 bits per heavy atom. The Balaban J connectivity index is 0.000001000. The van der Waals surface area contributed by atoms with Gasteiger partial charge in [-0.25, -0.2) is 0 Å². The van der Waals surface area contributed by atoms with Crippen LogP contribution in [0.5, 0.6) is 0 Å². The van der Waals surface area contributed by atoms with Gasteiger partial charge in [-0.05, 0) is 34.3 Å². The number of rotatable bonds is 0. The number of hydrogen-bond donors (Lipinski definition) is 0. The van der Waals surface area contributed by atoms with Crippen LogP contribution >= 0.6 is 22.6 Å². The van der Waals surface area contributed by atoms with Crippen molar-refractivity contribution >= 4 is 22.6 Å². The summed E-state index contributed by atoms with van der Waals surface area (Å²) in [5.74, 6) is 0.747. The fourth-order valence-corrected chi connectivity index (χ4v) is 0.875. The van der Waals surface area contributed by atoms with Gasteiger partial charge in [-0.2, -0.15) is 0 Å². The second-order valence-corrected chi connectivity index (χ2v) is 4.18. The van der Waals surface area contributed by atoms with Gasteiger partial charge in [-0.15, -0.1) is 0 Å².